The van der Waals surface area contributed by atoms with E-state index in [9.17, 15) is 8.42 Å². The molecule has 2 aliphatic rings. The fraction of sp³-hybridized carbons (Fsp3) is 0.250. The molecular weight excluding hydrogens is 424 g/mol. The Kier molecular flexibility index (Phi) is 4.88. The van der Waals surface area contributed by atoms with Crippen molar-refractivity contribution < 1.29 is 13.2 Å². The Bertz CT molecular complexity index is 1310. The SMILES string of the molecule is [C-]#[N+]CN1c2cc(-c3ccccc3)c(-c3ccc(C4(N)CCC4)cc3)nc2OCS1(=O)=O. The molecule has 0 bridgehead atoms. The topological polar surface area (TPSA) is 89.9 Å². The molecule has 5 rings (SSSR count). The molecule has 2 aromatic carbocycles. The Balaban J connectivity index is 1.67. The van der Waals surface area contributed by atoms with E-state index in [1.54, 1.807) is 6.07 Å². The highest BCUT2D eigenvalue weighted by atomic mass is 32.2. The van der Waals surface area contributed by atoms with Crippen molar-refractivity contribution >= 4 is 15.7 Å². The van der Waals surface area contributed by atoms with Crippen molar-refractivity contribution in [3.05, 3.63) is 77.6 Å². The van der Waals surface area contributed by atoms with Gasteiger partial charge in [0.25, 0.3) is 10.0 Å². The number of anilines is 1. The van der Waals surface area contributed by atoms with Crippen LogP contribution in [-0.4, -0.2) is 26.0 Å². The molecule has 7 nitrogen and oxygen atoms in total. The number of hydrogen-bond acceptors (Lipinski definition) is 5. The minimum absolute atomic E-state index is 0.205. The fourth-order valence-electron chi connectivity index (χ4n) is 4.21. The molecule has 0 atom stereocenters. The van der Waals surface area contributed by atoms with Crippen molar-refractivity contribution in [1.29, 1.82) is 0 Å². The number of ether oxygens (including phenoxy) is 1. The van der Waals surface area contributed by atoms with Gasteiger partial charge < -0.3 is 10.5 Å². The highest BCUT2D eigenvalue weighted by molar-refractivity contribution is 7.92. The van der Waals surface area contributed by atoms with Gasteiger partial charge in [-0.25, -0.2) is 20.0 Å². The minimum Gasteiger partial charge on any atom is -0.458 e. The molecule has 1 aromatic heterocycles. The Morgan fingerprint density at radius 1 is 1.09 bits per heavy atom. The third-order valence-corrected chi connectivity index (χ3v) is 7.58. The third kappa shape index (κ3) is 3.40. The normalized spacial score (nSPS) is 18.1. The molecule has 0 radical (unpaired) electrons. The summed E-state index contributed by atoms with van der Waals surface area (Å²) in [6.07, 6.45) is 3.11. The zero-order valence-corrected chi connectivity index (χ0v) is 18.2. The lowest BCUT2D eigenvalue weighted by Gasteiger charge is -2.38. The van der Waals surface area contributed by atoms with Gasteiger partial charge >= 0.3 is 6.67 Å². The Labute approximate surface area is 187 Å². The van der Waals surface area contributed by atoms with Crippen molar-refractivity contribution in [3.8, 4) is 28.3 Å². The third-order valence-electron chi connectivity index (χ3n) is 6.18. The quantitative estimate of drug-likeness (QED) is 0.609. The summed E-state index contributed by atoms with van der Waals surface area (Å²) < 4.78 is 31.6. The zero-order valence-electron chi connectivity index (χ0n) is 17.4. The van der Waals surface area contributed by atoms with Crippen molar-refractivity contribution in [3.63, 3.8) is 0 Å². The molecule has 1 fully saturated rings. The first-order valence-electron chi connectivity index (χ1n) is 10.4. The summed E-state index contributed by atoms with van der Waals surface area (Å²) in [6, 6.07) is 19.5. The van der Waals surface area contributed by atoms with Gasteiger partial charge in [0.15, 0.2) is 0 Å². The average Bonchev–Trinajstić information content (AvgIpc) is 2.79. The smallest absolute Gasteiger partial charge is 0.302 e. The molecule has 0 spiro atoms. The van der Waals surface area contributed by atoms with Gasteiger partial charge in [-0.3, -0.25) is 4.85 Å². The number of nitrogens with two attached hydrogens (primary N) is 1. The second-order valence-corrected chi connectivity index (χ2v) is 10.0. The fourth-order valence-corrected chi connectivity index (χ4v) is 5.26. The van der Waals surface area contributed by atoms with E-state index in [4.69, 9.17) is 22.0 Å². The molecule has 32 heavy (non-hydrogen) atoms. The summed E-state index contributed by atoms with van der Waals surface area (Å²) in [4.78, 5) is 8.01. The second-order valence-electron chi connectivity index (χ2n) is 8.18. The van der Waals surface area contributed by atoms with Crippen LogP contribution in [-0.2, 0) is 15.6 Å². The summed E-state index contributed by atoms with van der Waals surface area (Å²) in [5.41, 5.74) is 10.8. The maximum atomic E-state index is 12.5. The van der Waals surface area contributed by atoms with Crippen LogP contribution in [0.15, 0.2) is 60.7 Å². The van der Waals surface area contributed by atoms with Crippen molar-refractivity contribution in [2.75, 3.05) is 16.9 Å². The lowest BCUT2D eigenvalue weighted by Crippen LogP contribution is -2.43. The number of benzene rings is 2. The molecule has 0 saturated heterocycles. The Hall–Kier alpha value is -3.41. The molecule has 162 valence electrons. The number of hydrogen-bond donors (Lipinski definition) is 1. The second kappa shape index (κ2) is 7.62. The van der Waals surface area contributed by atoms with Crippen molar-refractivity contribution in [2.45, 2.75) is 24.8 Å². The van der Waals surface area contributed by atoms with E-state index >= 15 is 0 Å². The zero-order chi connectivity index (χ0) is 22.3. The summed E-state index contributed by atoms with van der Waals surface area (Å²) in [6.45, 7) is 6.87. The van der Waals surface area contributed by atoms with E-state index in [0.717, 1.165) is 45.8 Å². The summed E-state index contributed by atoms with van der Waals surface area (Å²) in [7, 11) is -3.75. The molecule has 0 amide bonds. The molecule has 3 aromatic rings. The van der Waals surface area contributed by atoms with Crippen molar-refractivity contribution in [2.24, 2.45) is 5.73 Å². The molecular formula is C24H22N4O3S. The van der Waals surface area contributed by atoms with Crippen LogP contribution in [0.4, 0.5) is 5.69 Å². The standard InChI is InChI=1S/C24H22N4O3S/c1-26-15-28-21-14-20(17-6-3-2-4-7-17)22(27-23(21)31-16-32(28,29)30)18-8-10-19(11-9-18)24(25)12-5-13-24/h2-4,6-11,14H,5,12-13,15-16,25H2. The number of aromatic nitrogens is 1. The van der Waals surface area contributed by atoms with E-state index < -0.39 is 16.0 Å². The maximum Gasteiger partial charge on any atom is 0.302 e. The molecule has 2 heterocycles. The van der Waals surface area contributed by atoms with Crippen LogP contribution in [0.5, 0.6) is 5.88 Å². The van der Waals surface area contributed by atoms with E-state index in [2.05, 4.69) is 4.85 Å². The first-order chi connectivity index (χ1) is 15.4. The van der Waals surface area contributed by atoms with Crippen LogP contribution in [0.2, 0.25) is 0 Å². The monoisotopic (exact) mass is 446 g/mol. The number of fused-ring (bicyclic) bond motifs is 1. The van der Waals surface area contributed by atoms with Gasteiger partial charge in [-0.2, -0.15) is 4.31 Å². The molecule has 1 aliphatic carbocycles. The van der Waals surface area contributed by atoms with Gasteiger partial charge in [-0.15, -0.1) is 0 Å². The maximum absolute atomic E-state index is 12.5. The van der Waals surface area contributed by atoms with Crippen LogP contribution in [0.1, 0.15) is 24.8 Å². The van der Waals surface area contributed by atoms with E-state index in [-0.39, 0.29) is 23.8 Å². The summed E-state index contributed by atoms with van der Waals surface area (Å²) >= 11 is 0. The number of nitrogens with zero attached hydrogens (tertiary/aromatic N) is 3. The van der Waals surface area contributed by atoms with Gasteiger partial charge in [0.1, 0.15) is 5.69 Å². The number of sulfonamides is 1. The van der Waals surface area contributed by atoms with Gasteiger partial charge in [0, 0.05) is 16.7 Å². The molecule has 1 aliphatic heterocycles. The predicted molar refractivity (Wildman–Crippen MR) is 123 cm³/mol. The van der Waals surface area contributed by atoms with Gasteiger partial charge in [-0.1, -0.05) is 54.6 Å². The highest BCUT2D eigenvalue weighted by Crippen LogP contribution is 2.43. The van der Waals surface area contributed by atoms with Crippen LogP contribution in [0.3, 0.4) is 0 Å². The first-order valence-corrected chi connectivity index (χ1v) is 12.0. The molecule has 8 heteroatoms. The lowest BCUT2D eigenvalue weighted by molar-refractivity contribution is 0.253. The minimum atomic E-state index is -3.75. The molecule has 2 N–H and O–H groups in total. The van der Waals surface area contributed by atoms with Crippen LogP contribution >= 0.6 is 0 Å². The molecule has 0 unspecified atom stereocenters. The largest absolute Gasteiger partial charge is 0.458 e. The van der Waals surface area contributed by atoms with Crippen LogP contribution < -0.4 is 14.8 Å². The lowest BCUT2D eigenvalue weighted by atomic mass is 9.72. The Morgan fingerprint density at radius 2 is 1.81 bits per heavy atom. The van der Waals surface area contributed by atoms with Gasteiger partial charge in [0.05, 0.1) is 5.69 Å². The predicted octanol–water partition coefficient (Wildman–Crippen LogP) is 4.12. The number of pyridine rings is 1. The summed E-state index contributed by atoms with van der Waals surface area (Å²) in [5.74, 6) is -0.335. The summed E-state index contributed by atoms with van der Waals surface area (Å²) in [5, 5.41) is 0. The van der Waals surface area contributed by atoms with Crippen LogP contribution in [0, 0.1) is 6.57 Å². The van der Waals surface area contributed by atoms with E-state index in [1.165, 1.54) is 0 Å². The average molecular weight is 447 g/mol. The van der Waals surface area contributed by atoms with Gasteiger partial charge in [0.2, 0.25) is 11.8 Å². The van der Waals surface area contributed by atoms with Gasteiger partial charge in [-0.05, 0) is 36.5 Å². The Morgan fingerprint density at radius 3 is 2.44 bits per heavy atom. The first kappa shape index (κ1) is 20.5. The van der Waals surface area contributed by atoms with Crippen molar-refractivity contribution in [1.82, 2.24) is 4.98 Å². The van der Waals surface area contributed by atoms with E-state index in [1.807, 2.05) is 54.6 Å². The highest BCUT2D eigenvalue weighted by Gasteiger charge is 2.36. The number of rotatable bonds is 4. The van der Waals surface area contributed by atoms with Crippen LogP contribution in [0.25, 0.3) is 27.2 Å². The van der Waals surface area contributed by atoms with E-state index in [0.29, 0.717) is 5.69 Å². The molecule has 1 saturated carbocycles.